The zero-order chi connectivity index (χ0) is 16.9. The van der Waals surface area contributed by atoms with E-state index in [0.717, 1.165) is 44.0 Å². The Kier molecular flexibility index (Phi) is 5.01. The van der Waals surface area contributed by atoms with Crippen LogP contribution in [0.2, 0.25) is 0 Å². The average Bonchev–Trinajstić information content (AvgIpc) is 2.86. The fourth-order valence-corrected chi connectivity index (χ4v) is 2.84. The molecule has 2 aromatic heterocycles. The smallest absolute Gasteiger partial charge is 0.212 e. The van der Waals surface area contributed by atoms with Crippen molar-refractivity contribution < 1.29 is 4.79 Å². The zero-order valence-corrected chi connectivity index (χ0v) is 14.0. The summed E-state index contributed by atoms with van der Waals surface area (Å²) in [6, 6.07) is 7.42. The Bertz CT molecular complexity index is 744. The molecule has 3 heterocycles. The van der Waals surface area contributed by atoms with E-state index in [1.54, 1.807) is 30.6 Å². The van der Waals surface area contributed by atoms with Gasteiger partial charge in [0.2, 0.25) is 5.78 Å². The quantitative estimate of drug-likeness (QED) is 0.810. The summed E-state index contributed by atoms with van der Waals surface area (Å²) in [5, 5.41) is 0. The van der Waals surface area contributed by atoms with Crippen molar-refractivity contribution in [2.75, 3.05) is 38.1 Å². The number of pyridine rings is 2. The highest BCUT2D eigenvalue weighted by atomic mass is 16.1. The maximum atomic E-state index is 12.7. The molecule has 24 heavy (non-hydrogen) atoms. The van der Waals surface area contributed by atoms with E-state index in [4.69, 9.17) is 0 Å². The van der Waals surface area contributed by atoms with E-state index >= 15 is 0 Å². The van der Waals surface area contributed by atoms with Crippen LogP contribution in [0.15, 0.2) is 43.2 Å². The number of ketones is 1. The number of nitrogens with zero attached hydrogens (tertiary/aromatic N) is 4. The van der Waals surface area contributed by atoms with Gasteiger partial charge in [-0.2, -0.15) is 0 Å². The van der Waals surface area contributed by atoms with Crippen molar-refractivity contribution in [2.24, 2.45) is 0 Å². The molecule has 124 valence electrons. The van der Waals surface area contributed by atoms with Crippen LogP contribution in [-0.2, 0) is 0 Å². The fraction of sp³-hybridized carbons (Fsp3) is 0.316. The first-order valence-corrected chi connectivity index (χ1v) is 8.20. The molecule has 5 nitrogen and oxygen atoms in total. The Morgan fingerprint density at radius 2 is 2.08 bits per heavy atom. The van der Waals surface area contributed by atoms with Gasteiger partial charge in [0.25, 0.3) is 0 Å². The summed E-state index contributed by atoms with van der Waals surface area (Å²) in [6.45, 7) is 7.70. The Balaban J connectivity index is 1.84. The molecule has 0 atom stereocenters. The molecule has 0 aromatic carbocycles. The minimum absolute atomic E-state index is 0.111. The van der Waals surface area contributed by atoms with E-state index in [1.165, 1.54) is 0 Å². The Hall–Kier alpha value is -2.53. The van der Waals surface area contributed by atoms with Gasteiger partial charge in [-0.1, -0.05) is 18.7 Å². The third kappa shape index (κ3) is 3.68. The van der Waals surface area contributed by atoms with E-state index in [1.807, 2.05) is 12.1 Å². The van der Waals surface area contributed by atoms with Crippen LogP contribution in [-0.4, -0.2) is 53.9 Å². The number of hydrogen-bond donors (Lipinski definition) is 0. The van der Waals surface area contributed by atoms with Gasteiger partial charge in [0.15, 0.2) is 0 Å². The lowest BCUT2D eigenvalue weighted by molar-refractivity contribution is 0.103. The summed E-state index contributed by atoms with van der Waals surface area (Å²) in [6.07, 6.45) is 6.04. The van der Waals surface area contributed by atoms with E-state index in [9.17, 15) is 4.79 Å². The Morgan fingerprint density at radius 3 is 2.92 bits per heavy atom. The number of likely N-dealkylation sites (N-methyl/N-ethyl adjacent to an activating group) is 1. The molecule has 0 bridgehead atoms. The van der Waals surface area contributed by atoms with Gasteiger partial charge in [-0.05, 0) is 43.8 Å². The van der Waals surface area contributed by atoms with Crippen molar-refractivity contribution in [1.82, 2.24) is 14.9 Å². The Labute approximate surface area is 142 Å². The molecule has 0 N–H and O–H groups in total. The van der Waals surface area contributed by atoms with Gasteiger partial charge in [0.05, 0.1) is 0 Å². The molecule has 1 saturated heterocycles. The highest BCUT2D eigenvalue weighted by molar-refractivity contribution is 6.07. The van der Waals surface area contributed by atoms with Crippen molar-refractivity contribution in [2.45, 2.75) is 6.42 Å². The summed E-state index contributed by atoms with van der Waals surface area (Å²) in [7, 11) is 2.14. The first-order chi connectivity index (χ1) is 11.7. The number of carbonyl (C=O) groups is 1. The molecule has 0 unspecified atom stereocenters. The van der Waals surface area contributed by atoms with Crippen LogP contribution in [0.25, 0.3) is 6.08 Å². The molecule has 1 fully saturated rings. The zero-order valence-electron chi connectivity index (χ0n) is 14.0. The molecule has 0 spiro atoms. The first kappa shape index (κ1) is 16.3. The molecule has 0 aliphatic carbocycles. The van der Waals surface area contributed by atoms with Gasteiger partial charge < -0.3 is 9.80 Å². The van der Waals surface area contributed by atoms with Gasteiger partial charge in [0.1, 0.15) is 11.5 Å². The van der Waals surface area contributed by atoms with E-state index in [-0.39, 0.29) is 5.78 Å². The molecule has 1 aliphatic rings. The molecule has 0 radical (unpaired) electrons. The van der Waals surface area contributed by atoms with Crippen LogP contribution in [0.3, 0.4) is 0 Å². The molecule has 0 saturated carbocycles. The lowest BCUT2D eigenvalue weighted by atomic mass is 10.1. The van der Waals surface area contributed by atoms with E-state index in [0.29, 0.717) is 11.3 Å². The second-order valence-electron chi connectivity index (χ2n) is 6.07. The van der Waals surface area contributed by atoms with Gasteiger partial charge in [-0.3, -0.25) is 9.78 Å². The van der Waals surface area contributed by atoms with Gasteiger partial charge in [-0.15, -0.1) is 0 Å². The third-order valence-corrected chi connectivity index (χ3v) is 4.27. The van der Waals surface area contributed by atoms with Gasteiger partial charge >= 0.3 is 0 Å². The lowest BCUT2D eigenvalue weighted by Crippen LogP contribution is -2.29. The van der Waals surface area contributed by atoms with Gasteiger partial charge in [0, 0.05) is 37.6 Å². The number of hydrogen-bond acceptors (Lipinski definition) is 5. The largest absolute Gasteiger partial charge is 0.355 e. The predicted molar refractivity (Wildman–Crippen MR) is 96.3 cm³/mol. The third-order valence-electron chi connectivity index (χ3n) is 4.27. The van der Waals surface area contributed by atoms with Crippen LogP contribution in [0.1, 0.15) is 28.0 Å². The van der Waals surface area contributed by atoms with Crippen molar-refractivity contribution in [3.63, 3.8) is 0 Å². The molecular formula is C19H22N4O. The number of anilines is 1. The summed E-state index contributed by atoms with van der Waals surface area (Å²) < 4.78 is 0. The summed E-state index contributed by atoms with van der Waals surface area (Å²) in [5.74, 6) is 0.754. The molecular weight excluding hydrogens is 300 g/mol. The molecule has 0 amide bonds. The topological polar surface area (TPSA) is 49.3 Å². The first-order valence-electron chi connectivity index (χ1n) is 8.20. The van der Waals surface area contributed by atoms with Crippen molar-refractivity contribution in [1.29, 1.82) is 0 Å². The van der Waals surface area contributed by atoms with E-state index < -0.39 is 0 Å². The standard InChI is InChI=1S/C19H22N4O/c1-3-15-12-16(14-20-13-15)19(24)17-6-4-7-18(21-17)23-9-5-8-22(2)10-11-23/h3-4,6-7,12-14H,1,5,8-11H2,2H3. The fourth-order valence-electron chi connectivity index (χ4n) is 2.84. The minimum atomic E-state index is -0.111. The second-order valence-corrected chi connectivity index (χ2v) is 6.07. The summed E-state index contributed by atoms with van der Waals surface area (Å²) >= 11 is 0. The normalized spacial score (nSPS) is 15.8. The van der Waals surface area contributed by atoms with Crippen LogP contribution >= 0.6 is 0 Å². The van der Waals surface area contributed by atoms with Crippen LogP contribution in [0.4, 0.5) is 5.82 Å². The maximum Gasteiger partial charge on any atom is 0.212 e. The van der Waals surface area contributed by atoms with Crippen molar-refractivity contribution >= 4 is 17.7 Å². The average molecular weight is 322 g/mol. The van der Waals surface area contributed by atoms with Gasteiger partial charge in [-0.25, -0.2) is 4.98 Å². The van der Waals surface area contributed by atoms with Crippen molar-refractivity contribution in [3.05, 3.63) is 60.1 Å². The molecule has 5 heteroatoms. The highest BCUT2D eigenvalue weighted by Gasteiger charge is 2.16. The van der Waals surface area contributed by atoms with E-state index in [2.05, 4.69) is 33.4 Å². The Morgan fingerprint density at radius 1 is 1.21 bits per heavy atom. The lowest BCUT2D eigenvalue weighted by Gasteiger charge is -2.21. The molecule has 2 aromatic rings. The SMILES string of the molecule is C=Cc1cncc(C(=O)c2cccc(N3CCCN(C)CC3)n2)c1. The summed E-state index contributed by atoms with van der Waals surface area (Å²) in [4.78, 5) is 26.0. The predicted octanol–water partition coefficient (Wildman–Crippen LogP) is 2.49. The van der Waals surface area contributed by atoms with Crippen LogP contribution in [0, 0.1) is 0 Å². The molecule has 3 rings (SSSR count). The van der Waals surface area contributed by atoms with Crippen LogP contribution < -0.4 is 4.90 Å². The highest BCUT2D eigenvalue weighted by Crippen LogP contribution is 2.16. The minimum Gasteiger partial charge on any atom is -0.355 e. The number of carbonyl (C=O) groups excluding carboxylic acids is 1. The molecule has 1 aliphatic heterocycles. The number of rotatable bonds is 4. The second kappa shape index (κ2) is 7.36. The van der Waals surface area contributed by atoms with Crippen molar-refractivity contribution in [3.8, 4) is 0 Å². The summed E-state index contributed by atoms with van der Waals surface area (Å²) in [5.41, 5.74) is 1.81. The number of aromatic nitrogens is 2. The van der Waals surface area contributed by atoms with Crippen LogP contribution in [0.5, 0.6) is 0 Å². The monoisotopic (exact) mass is 322 g/mol. The maximum absolute atomic E-state index is 12.7.